The number of fused-ring (bicyclic) bond motifs is 1. The molecule has 0 atom stereocenters. The average molecular weight is 331 g/mol. The van der Waals surface area contributed by atoms with Crippen LogP contribution in [0.1, 0.15) is 17.0 Å². The Hall–Kier alpha value is -2.72. The number of rotatable bonds is 4. The van der Waals surface area contributed by atoms with Crippen LogP contribution in [-0.4, -0.2) is 10.8 Å². The van der Waals surface area contributed by atoms with E-state index in [-0.39, 0.29) is 0 Å². The molecule has 0 bridgehead atoms. The number of aliphatic imine (C=N–C) groups is 1. The van der Waals surface area contributed by atoms with Crippen LogP contribution < -0.4 is 5.32 Å². The van der Waals surface area contributed by atoms with Crippen molar-refractivity contribution in [3.63, 3.8) is 0 Å². The Bertz CT molecular complexity index is 909. The van der Waals surface area contributed by atoms with Gasteiger partial charge in [-0.3, -0.25) is 0 Å². The van der Waals surface area contributed by atoms with Gasteiger partial charge in [0.2, 0.25) is 0 Å². The molecule has 1 aliphatic rings. The van der Waals surface area contributed by atoms with Crippen molar-refractivity contribution in [2.75, 3.05) is 0 Å². The molecule has 1 aliphatic heterocycles. The Balaban J connectivity index is 1.48. The van der Waals surface area contributed by atoms with Gasteiger partial charge in [0.25, 0.3) is 0 Å². The van der Waals surface area contributed by atoms with E-state index in [0.29, 0.717) is 0 Å². The van der Waals surface area contributed by atoms with Crippen LogP contribution in [0.25, 0.3) is 17.0 Å². The molecule has 2 aromatic carbocycles. The molecule has 0 radical (unpaired) electrons. The van der Waals surface area contributed by atoms with Crippen molar-refractivity contribution in [3.05, 3.63) is 77.1 Å². The van der Waals surface area contributed by atoms with Crippen LogP contribution in [0.4, 0.5) is 5.69 Å². The Kier molecular flexibility index (Phi) is 3.97. The molecule has 0 amide bonds. The minimum atomic E-state index is 0.828. The molecule has 2 heterocycles. The lowest BCUT2D eigenvalue weighted by atomic mass is 10.1. The summed E-state index contributed by atoms with van der Waals surface area (Å²) in [5.41, 5.74) is 5.18. The third-order valence-electron chi connectivity index (χ3n) is 3.98. The molecule has 3 nitrogen and oxygen atoms in total. The second kappa shape index (κ2) is 6.42. The van der Waals surface area contributed by atoms with E-state index < -0.39 is 0 Å². The van der Waals surface area contributed by atoms with Crippen LogP contribution in [0.3, 0.4) is 0 Å². The van der Waals surface area contributed by atoms with Gasteiger partial charge in [-0.2, -0.15) is 0 Å². The van der Waals surface area contributed by atoms with E-state index in [4.69, 9.17) is 9.98 Å². The predicted octanol–water partition coefficient (Wildman–Crippen LogP) is 5.05. The van der Waals surface area contributed by atoms with Crippen molar-refractivity contribution in [1.29, 1.82) is 0 Å². The normalized spacial score (nSPS) is 13.2. The number of nitrogens with zero attached hydrogens (tertiary/aromatic N) is 2. The highest BCUT2D eigenvalue weighted by molar-refractivity contribution is 7.09. The first-order valence-corrected chi connectivity index (χ1v) is 8.80. The lowest BCUT2D eigenvalue weighted by molar-refractivity contribution is 0.977. The molecule has 24 heavy (non-hydrogen) atoms. The van der Waals surface area contributed by atoms with Gasteiger partial charge in [-0.05, 0) is 6.07 Å². The largest absolute Gasteiger partial charge is 0.344 e. The molecule has 4 rings (SSSR count). The molecule has 4 heteroatoms. The summed E-state index contributed by atoms with van der Waals surface area (Å²) in [6.45, 7) is 4.10. The summed E-state index contributed by atoms with van der Waals surface area (Å²) in [6.07, 6.45) is 1.70. The number of hydrogen-bond donors (Lipinski definition) is 1. The molecule has 1 aromatic heterocycles. The standard InChI is InChI=1S/C20H17N3S/c1-14-16-9-5-6-10-17(16)22-19(21-14)11-12-20-23-18(13-24-20)15-7-3-2-4-8-15/h2-10,13H,1,11-12H2,(H,21,22). The van der Waals surface area contributed by atoms with E-state index in [1.807, 2.05) is 42.5 Å². The summed E-state index contributed by atoms with van der Waals surface area (Å²) in [6, 6.07) is 18.4. The molecular formula is C20H17N3S. The third-order valence-corrected chi connectivity index (χ3v) is 4.89. The minimum absolute atomic E-state index is 0.828. The van der Waals surface area contributed by atoms with Crippen LogP contribution in [0, 0.1) is 0 Å². The zero-order valence-corrected chi connectivity index (χ0v) is 14.0. The molecule has 0 fully saturated rings. The Morgan fingerprint density at radius 1 is 0.958 bits per heavy atom. The number of amidine groups is 1. The molecule has 0 spiro atoms. The van der Waals surface area contributed by atoms with E-state index in [9.17, 15) is 0 Å². The van der Waals surface area contributed by atoms with Gasteiger partial charge in [-0.15, -0.1) is 11.3 Å². The number of aryl methyl sites for hydroxylation is 1. The molecule has 0 saturated heterocycles. The fraction of sp³-hybridized carbons (Fsp3) is 0.100. The van der Waals surface area contributed by atoms with Crippen LogP contribution >= 0.6 is 11.3 Å². The van der Waals surface area contributed by atoms with E-state index in [1.54, 1.807) is 11.3 Å². The van der Waals surface area contributed by atoms with Gasteiger partial charge < -0.3 is 5.32 Å². The van der Waals surface area contributed by atoms with Crippen LogP contribution in [-0.2, 0) is 6.42 Å². The molecule has 0 saturated carbocycles. The number of thiazole rings is 1. The fourth-order valence-electron chi connectivity index (χ4n) is 2.75. The quantitative estimate of drug-likeness (QED) is 0.726. The molecule has 118 valence electrons. The van der Waals surface area contributed by atoms with Gasteiger partial charge in [0.15, 0.2) is 0 Å². The van der Waals surface area contributed by atoms with Crippen molar-refractivity contribution in [2.45, 2.75) is 12.8 Å². The number of hydrogen-bond acceptors (Lipinski definition) is 4. The number of aromatic nitrogens is 1. The molecule has 0 unspecified atom stereocenters. The Morgan fingerprint density at radius 3 is 2.62 bits per heavy atom. The molecule has 1 N–H and O–H groups in total. The van der Waals surface area contributed by atoms with Gasteiger partial charge in [0, 0.05) is 35.0 Å². The maximum Gasteiger partial charge on any atom is 0.107 e. The summed E-state index contributed by atoms with van der Waals surface area (Å²) in [5.74, 6) is 0.954. The maximum absolute atomic E-state index is 4.74. The van der Waals surface area contributed by atoms with Gasteiger partial charge in [0.1, 0.15) is 5.84 Å². The monoisotopic (exact) mass is 331 g/mol. The van der Waals surface area contributed by atoms with Crippen molar-refractivity contribution < 1.29 is 0 Å². The average Bonchev–Trinajstić information content (AvgIpc) is 3.10. The first-order chi connectivity index (χ1) is 11.8. The van der Waals surface area contributed by atoms with Crippen molar-refractivity contribution in [3.8, 4) is 11.3 Å². The fourth-order valence-corrected chi connectivity index (χ4v) is 3.56. The first-order valence-electron chi connectivity index (χ1n) is 7.92. The smallest absolute Gasteiger partial charge is 0.107 e. The van der Waals surface area contributed by atoms with Crippen LogP contribution in [0.5, 0.6) is 0 Å². The van der Waals surface area contributed by atoms with E-state index in [1.165, 1.54) is 0 Å². The Morgan fingerprint density at radius 2 is 1.75 bits per heavy atom. The third kappa shape index (κ3) is 3.01. The number of nitrogens with one attached hydrogen (secondary N) is 1. The zero-order valence-electron chi connectivity index (χ0n) is 13.2. The topological polar surface area (TPSA) is 37.3 Å². The summed E-state index contributed by atoms with van der Waals surface area (Å²) in [4.78, 5) is 9.44. The predicted molar refractivity (Wildman–Crippen MR) is 102 cm³/mol. The van der Waals surface area contributed by atoms with Gasteiger partial charge in [0.05, 0.1) is 16.4 Å². The minimum Gasteiger partial charge on any atom is -0.344 e. The second-order valence-corrected chi connectivity index (χ2v) is 6.61. The SMILES string of the molecule is C=C1NC(CCc2nc(-c3ccccc3)cs2)=Nc2ccccc21. The Labute approximate surface area is 145 Å². The van der Waals surface area contributed by atoms with E-state index in [0.717, 1.165) is 51.9 Å². The second-order valence-electron chi connectivity index (χ2n) is 5.67. The van der Waals surface area contributed by atoms with E-state index in [2.05, 4.69) is 29.4 Å². The van der Waals surface area contributed by atoms with Crippen molar-refractivity contribution in [1.82, 2.24) is 10.3 Å². The number of benzene rings is 2. The lowest BCUT2D eigenvalue weighted by Crippen LogP contribution is -2.24. The van der Waals surface area contributed by atoms with Crippen molar-refractivity contribution >= 4 is 28.6 Å². The number of para-hydroxylation sites is 1. The zero-order chi connectivity index (χ0) is 16.4. The molecule has 0 aliphatic carbocycles. The summed E-state index contributed by atoms with van der Waals surface area (Å²) >= 11 is 1.70. The first kappa shape index (κ1) is 14.8. The molecule has 3 aromatic rings. The van der Waals surface area contributed by atoms with E-state index >= 15 is 0 Å². The summed E-state index contributed by atoms with van der Waals surface area (Å²) in [7, 11) is 0. The van der Waals surface area contributed by atoms with Crippen LogP contribution in [0.15, 0.2) is 71.5 Å². The van der Waals surface area contributed by atoms with Crippen LogP contribution in [0.2, 0.25) is 0 Å². The highest BCUT2D eigenvalue weighted by Crippen LogP contribution is 2.28. The van der Waals surface area contributed by atoms with Crippen molar-refractivity contribution in [2.24, 2.45) is 4.99 Å². The maximum atomic E-state index is 4.74. The molecular weight excluding hydrogens is 314 g/mol. The lowest BCUT2D eigenvalue weighted by Gasteiger charge is -2.19. The van der Waals surface area contributed by atoms with Gasteiger partial charge in [-0.1, -0.05) is 55.1 Å². The van der Waals surface area contributed by atoms with Gasteiger partial charge >= 0.3 is 0 Å². The summed E-state index contributed by atoms with van der Waals surface area (Å²) < 4.78 is 0. The highest BCUT2D eigenvalue weighted by atomic mass is 32.1. The summed E-state index contributed by atoms with van der Waals surface area (Å²) in [5, 5.41) is 6.56. The highest BCUT2D eigenvalue weighted by Gasteiger charge is 2.14. The van der Waals surface area contributed by atoms with Gasteiger partial charge in [-0.25, -0.2) is 9.98 Å².